The number of hydrogen-bond acceptors (Lipinski definition) is 20. The van der Waals surface area contributed by atoms with Gasteiger partial charge >= 0.3 is 148 Å². The van der Waals surface area contributed by atoms with Crippen LogP contribution in [0.1, 0.15) is 35.3 Å². The Kier molecular flexibility index (Phi) is 27.4. The minimum absolute atomic E-state index is 0. The predicted octanol–water partition coefficient (Wildman–Crippen LogP) is -22.6. The maximum absolute atomic E-state index is 12.7. The van der Waals surface area contributed by atoms with Crippen LogP contribution < -0.4 is 204 Å². The average Bonchev–Trinajstić information content (AvgIpc) is 2.95. The third kappa shape index (κ3) is 17.4. The Morgan fingerprint density at radius 3 is 2.00 bits per heavy atom. The molecule has 28 heteroatoms. The van der Waals surface area contributed by atoms with Gasteiger partial charge < -0.3 is 66.2 Å². The fourth-order valence-electron chi connectivity index (χ4n) is 4.11. The van der Waals surface area contributed by atoms with Crippen LogP contribution in [-0.4, -0.2) is 78.0 Å². The maximum Gasteiger partial charge on any atom is 1.00 e. The molecule has 3 unspecified atom stereocenters. The number of hydrogen-bond donors (Lipinski definition) is 5. The summed E-state index contributed by atoms with van der Waals surface area (Å²) in [6.45, 7) is 0.246. The van der Waals surface area contributed by atoms with Gasteiger partial charge in [-0.05, 0) is 43.0 Å². The average molecular weight is 809 g/mol. The Labute approximate surface area is 408 Å². The zero-order chi connectivity index (χ0) is 35.3. The third-order valence-corrected chi connectivity index (χ3v) is 10.1. The summed E-state index contributed by atoms with van der Waals surface area (Å²) in [5.41, 5.74) is 13.0. The molecule has 0 aliphatic rings. The van der Waals surface area contributed by atoms with Crippen LogP contribution in [0.4, 0.5) is 17.5 Å². The molecule has 52 heavy (non-hydrogen) atoms. The van der Waals surface area contributed by atoms with Gasteiger partial charge in [0.05, 0.1) is 48.9 Å². The molecule has 0 radical (unpaired) electrons. The number of rotatable bonds is 15. The Hall–Kier alpha value is 0.540. The van der Waals surface area contributed by atoms with Gasteiger partial charge in [0.15, 0.2) is 17.0 Å². The molecular formula is C24H26N9Na5O12P2. The molecule has 3 aromatic rings. The number of carboxylic acids is 2. The van der Waals surface area contributed by atoms with E-state index in [9.17, 15) is 49.3 Å². The van der Waals surface area contributed by atoms with Crippen LogP contribution >= 0.6 is 15.9 Å². The van der Waals surface area contributed by atoms with E-state index in [0.717, 1.165) is 0 Å². The summed E-state index contributed by atoms with van der Waals surface area (Å²) in [4.78, 5) is 120. The van der Waals surface area contributed by atoms with Crippen molar-refractivity contribution >= 4 is 68.2 Å². The van der Waals surface area contributed by atoms with Crippen molar-refractivity contribution in [1.29, 1.82) is 0 Å². The number of carbonyl (C=O) groups is 3. The number of aliphatic carboxylic acids is 2. The largest absolute Gasteiger partial charge is 1.00 e. The van der Waals surface area contributed by atoms with Crippen molar-refractivity contribution in [2.24, 2.45) is 4.99 Å². The fraction of sp³-hybridized carbons (Fsp3) is 0.333. The molecule has 21 nitrogen and oxygen atoms in total. The number of anilines is 3. The number of fused-ring (bicyclic) bond motifs is 1. The van der Waals surface area contributed by atoms with Gasteiger partial charge in [0.25, 0.3) is 13.9 Å². The summed E-state index contributed by atoms with van der Waals surface area (Å²) < 4.78 is 0. The summed E-state index contributed by atoms with van der Waals surface area (Å²) in [6, 6.07) is 1.61. The van der Waals surface area contributed by atoms with Crippen molar-refractivity contribution < 1.29 is 207 Å². The second-order valence-electron chi connectivity index (χ2n) is 9.99. The van der Waals surface area contributed by atoms with E-state index in [1.807, 2.05) is 0 Å². The monoisotopic (exact) mass is 809 g/mol. The minimum Gasteiger partial charge on any atom is -0.862 e. The molecule has 0 spiro atoms. The summed E-state index contributed by atoms with van der Waals surface area (Å²) >= 11 is 0. The van der Waals surface area contributed by atoms with Crippen LogP contribution in [0.25, 0.3) is 11.2 Å². The molecule has 2 heterocycles. The molecule has 0 saturated heterocycles. The molecule has 0 aliphatic heterocycles. The van der Waals surface area contributed by atoms with E-state index in [1.54, 1.807) is 24.1 Å². The van der Waals surface area contributed by atoms with E-state index in [4.69, 9.17) is 21.3 Å². The number of benzene rings is 1. The first-order valence-electron chi connectivity index (χ1n) is 13.1. The van der Waals surface area contributed by atoms with Crippen LogP contribution in [0.5, 0.6) is 0 Å². The first-order valence-corrected chi connectivity index (χ1v) is 16.4. The van der Waals surface area contributed by atoms with Crippen LogP contribution in [0.2, 0.25) is 0 Å². The minimum atomic E-state index is -6.04. The SMILES string of the molecule is CN(Cc1cnc2nc(N)nc(N)c2n1)c1ccc(C(=O)NC(CCC([O-])=NC(CC([P+]([O-])([O-])[O-])[P+]([O-])(O)O)C(=O)[O-])C(=O)[O-])cc1.[Na+].[Na+].[Na+].[Na+].[Na+]. The first kappa shape index (κ1) is 56.9. The summed E-state index contributed by atoms with van der Waals surface area (Å²) in [5, 5.41) is 34.3. The predicted molar refractivity (Wildman–Crippen MR) is 151 cm³/mol. The van der Waals surface area contributed by atoms with Gasteiger partial charge in [-0.2, -0.15) is 9.97 Å². The fourth-order valence-corrected chi connectivity index (χ4v) is 6.52. The maximum atomic E-state index is 12.7. The van der Waals surface area contributed by atoms with Gasteiger partial charge in [-0.25, -0.2) is 19.8 Å². The van der Waals surface area contributed by atoms with Crippen molar-refractivity contribution in [1.82, 2.24) is 25.3 Å². The Morgan fingerprint density at radius 1 is 0.923 bits per heavy atom. The molecule has 0 fully saturated rings. The van der Waals surface area contributed by atoms with Gasteiger partial charge in [-0.3, -0.25) is 9.79 Å². The molecule has 3 rings (SSSR count). The number of aromatic nitrogens is 4. The smallest absolute Gasteiger partial charge is 0.862 e. The zero-order valence-corrected chi connectivity index (χ0v) is 40.9. The quantitative estimate of drug-likeness (QED) is 0.0412. The number of aliphatic imine (C=N–C) groups is 1. The van der Waals surface area contributed by atoms with Crippen LogP contribution in [0.3, 0.4) is 0 Å². The summed E-state index contributed by atoms with van der Waals surface area (Å²) in [5.74, 6) is -6.26. The second-order valence-corrected chi connectivity index (χ2v) is 13.9. The van der Waals surface area contributed by atoms with E-state index < -0.39 is 76.4 Å². The van der Waals surface area contributed by atoms with Crippen molar-refractivity contribution in [3.8, 4) is 0 Å². The van der Waals surface area contributed by atoms with E-state index >= 15 is 0 Å². The number of nitrogen functional groups attached to an aromatic ring is 2. The molecule has 254 valence electrons. The third-order valence-electron chi connectivity index (χ3n) is 6.47. The van der Waals surface area contributed by atoms with Gasteiger partial charge in [0.1, 0.15) is 0 Å². The van der Waals surface area contributed by atoms with Gasteiger partial charge in [0.2, 0.25) is 11.3 Å². The first-order chi connectivity index (χ1) is 21.8. The molecule has 7 N–H and O–H groups in total. The molecular weight excluding hydrogens is 783 g/mol. The molecule has 0 aliphatic carbocycles. The molecule has 3 atom stereocenters. The van der Waals surface area contributed by atoms with E-state index in [1.165, 1.54) is 18.3 Å². The van der Waals surface area contributed by atoms with Gasteiger partial charge in [0, 0.05) is 18.3 Å². The molecule has 0 bridgehead atoms. The molecule has 1 aromatic carbocycles. The van der Waals surface area contributed by atoms with E-state index in [-0.39, 0.29) is 183 Å². The van der Waals surface area contributed by atoms with Crippen LogP contribution in [0, 0.1) is 0 Å². The van der Waals surface area contributed by atoms with Gasteiger partial charge in [-0.15, -0.1) is 7.94 Å². The standard InChI is InChI=1S/C24H31N9O12P2.5Na/c1-33(10-12-9-27-20-18(28-12)19(25)31-24(26)32-20)13-4-2-11(3-5-13)21(35)30-14(22(36)37)6-7-16(34)29-15(23(38)39)8-17(46(40,41)42)47(43,44)45;;;;;/h2-5,9,14-15,17H,6-8,10H2,1H3,(H,29,34)(H,30,35)(H,36,37)(H,38,39)(H2,40,41,42)(H2,43,44,45)(H4,25,26,27,31,32);;;;;/q;5*+1/p-5. The van der Waals surface area contributed by atoms with E-state index in [2.05, 4.69) is 30.2 Å². The molecule has 1 amide bonds. The number of nitrogens with zero attached hydrogens (tertiary/aromatic N) is 6. The van der Waals surface area contributed by atoms with Crippen molar-refractivity contribution in [2.75, 3.05) is 23.4 Å². The topological polar surface area (TPSA) is 384 Å². The van der Waals surface area contributed by atoms with Crippen LogP contribution in [-0.2, 0) is 16.1 Å². The Bertz CT molecular complexity index is 1660. The number of nitrogens with two attached hydrogens (primary N) is 2. The van der Waals surface area contributed by atoms with E-state index in [0.29, 0.717) is 11.4 Å². The summed E-state index contributed by atoms with van der Waals surface area (Å²) in [7, 11) is -9.99. The van der Waals surface area contributed by atoms with Gasteiger partial charge in [-0.1, -0.05) is 0 Å². The van der Waals surface area contributed by atoms with Crippen LogP contribution in [0.15, 0.2) is 35.5 Å². The Morgan fingerprint density at radius 2 is 1.50 bits per heavy atom. The molecule has 2 aromatic heterocycles. The molecule has 0 saturated carbocycles. The van der Waals surface area contributed by atoms with Crippen molar-refractivity contribution in [2.45, 2.75) is 43.3 Å². The van der Waals surface area contributed by atoms with Crippen molar-refractivity contribution in [3.05, 3.63) is 41.7 Å². The number of carboxylic acid groups (broad SMARTS) is 2. The Balaban J connectivity index is -0.00000480. The summed E-state index contributed by atoms with van der Waals surface area (Å²) in [6.07, 6.45) is -1.60. The number of carbonyl (C=O) groups excluding carboxylic acids is 3. The number of nitrogens with one attached hydrogen (secondary N) is 1. The van der Waals surface area contributed by atoms with Crippen molar-refractivity contribution in [3.63, 3.8) is 0 Å². The zero-order valence-electron chi connectivity index (χ0n) is 29.2. The normalized spacial score (nSPS) is 12.9. The second kappa shape index (κ2) is 25.0. The number of amides is 1.